The van der Waals surface area contributed by atoms with Crippen molar-refractivity contribution in [1.29, 1.82) is 0 Å². The summed E-state index contributed by atoms with van der Waals surface area (Å²) in [7, 11) is -9.10. The van der Waals surface area contributed by atoms with E-state index in [0.29, 0.717) is 31.0 Å². The Balaban J connectivity index is 1.82. The van der Waals surface area contributed by atoms with Gasteiger partial charge in [0, 0.05) is 18.0 Å². The van der Waals surface area contributed by atoms with Gasteiger partial charge in [-0.1, -0.05) is 20.8 Å². The van der Waals surface area contributed by atoms with E-state index in [2.05, 4.69) is 4.72 Å². The van der Waals surface area contributed by atoms with Crippen molar-refractivity contribution in [2.75, 3.05) is 6.54 Å². The lowest BCUT2D eigenvalue weighted by Crippen LogP contribution is -2.54. The van der Waals surface area contributed by atoms with E-state index in [1.165, 1.54) is 5.48 Å². The fourth-order valence-corrected chi connectivity index (χ4v) is 8.14. The minimum Gasteiger partial charge on any atom is -0.298 e. The average molecular weight is 510 g/mol. The number of sulfonamides is 2. The lowest BCUT2D eigenvalue weighted by molar-refractivity contribution is -0.130. The zero-order chi connectivity index (χ0) is 25.0. The maximum Gasteiger partial charge on any atom is 0.262 e. The Bertz CT molecular complexity index is 1200. The van der Waals surface area contributed by atoms with Crippen molar-refractivity contribution in [2.24, 2.45) is 16.7 Å². The largest absolute Gasteiger partial charge is 0.298 e. The maximum absolute atomic E-state index is 13.9. The lowest BCUT2D eigenvalue weighted by atomic mass is 9.70. The van der Waals surface area contributed by atoms with Crippen LogP contribution in [-0.2, 0) is 29.6 Å². The molecule has 4 atom stereocenters. The zero-order valence-electron chi connectivity index (χ0n) is 18.1. The number of amides is 1. The Morgan fingerprint density at radius 1 is 1.21 bits per heavy atom. The molecule has 2 bridgehead atoms. The summed E-state index contributed by atoms with van der Waals surface area (Å²) in [6.07, 6.45) is 1.06. The third-order valence-electron chi connectivity index (χ3n) is 7.20. The molecule has 4 unspecified atom stereocenters. The lowest BCUT2D eigenvalue weighted by Gasteiger charge is -2.32. The van der Waals surface area contributed by atoms with Crippen molar-refractivity contribution in [3.63, 3.8) is 0 Å². The van der Waals surface area contributed by atoms with Crippen LogP contribution in [0.4, 0.5) is 8.78 Å². The molecule has 14 heteroatoms. The molecular weight excluding hydrogens is 484 g/mol. The number of nitrogens with one attached hydrogen (secondary N) is 3. The van der Waals surface area contributed by atoms with Crippen LogP contribution in [0, 0.1) is 28.4 Å². The summed E-state index contributed by atoms with van der Waals surface area (Å²) in [5.41, 5.74) is -0.207. The second kappa shape index (κ2) is 8.34. The van der Waals surface area contributed by atoms with Crippen molar-refractivity contribution in [1.82, 2.24) is 14.9 Å². The average Bonchev–Trinajstić information content (AvgIpc) is 3.02. The molecule has 3 rings (SSSR count). The Morgan fingerprint density at radius 3 is 2.36 bits per heavy atom. The third-order valence-corrected chi connectivity index (χ3v) is 10.5. The number of hydrogen-bond acceptors (Lipinski definition) is 7. The number of Topliss-reactive ketones (excluding diaryl/α,β-unsaturated/α-hetero) is 1. The first-order valence-corrected chi connectivity index (χ1v) is 13.1. The van der Waals surface area contributed by atoms with Gasteiger partial charge in [-0.05, 0) is 36.3 Å². The minimum atomic E-state index is -4.76. The molecule has 2 aliphatic rings. The van der Waals surface area contributed by atoms with Crippen LogP contribution in [-0.4, -0.2) is 51.6 Å². The maximum atomic E-state index is 13.9. The number of benzene rings is 1. The molecule has 0 aromatic heterocycles. The van der Waals surface area contributed by atoms with E-state index in [-0.39, 0.29) is 0 Å². The molecule has 0 spiro atoms. The number of carbonyl (C=O) groups is 2. The molecule has 0 radical (unpaired) electrons. The Kier molecular flexibility index (Phi) is 6.48. The summed E-state index contributed by atoms with van der Waals surface area (Å²) in [5.74, 6) is -4.73. The normalized spacial score (nSPS) is 27.5. The molecule has 33 heavy (non-hydrogen) atoms. The second-order valence-corrected chi connectivity index (χ2v) is 12.7. The summed E-state index contributed by atoms with van der Waals surface area (Å²) in [4.78, 5) is 24.0. The molecule has 0 saturated heterocycles. The standard InChI is InChI=1S/C19H25F2N3O7S2/c1-18(2)11-6-7-19(18,3)16(25)15(11)33(30,31)22-9-13(17(26)23-27)24-32(28,29)14-5-4-10(20)8-12(14)21/h4-5,8,11,13,15,22,24,27H,6-7,9H2,1-3H3,(H,23,26). The van der Waals surface area contributed by atoms with E-state index in [9.17, 15) is 35.2 Å². The summed E-state index contributed by atoms with van der Waals surface area (Å²) < 4.78 is 81.9. The fourth-order valence-electron chi connectivity index (χ4n) is 4.86. The Labute approximate surface area is 190 Å². The van der Waals surface area contributed by atoms with Crippen molar-refractivity contribution in [3.05, 3.63) is 29.8 Å². The molecule has 2 saturated carbocycles. The van der Waals surface area contributed by atoms with E-state index in [4.69, 9.17) is 5.21 Å². The zero-order valence-corrected chi connectivity index (χ0v) is 19.7. The number of hydroxylamine groups is 1. The van der Waals surface area contributed by atoms with Crippen LogP contribution in [0.25, 0.3) is 0 Å². The highest BCUT2D eigenvalue weighted by Gasteiger charge is 2.69. The summed E-state index contributed by atoms with van der Waals surface area (Å²) in [6, 6.07) is -0.273. The van der Waals surface area contributed by atoms with Crippen molar-refractivity contribution >= 4 is 31.7 Å². The first-order chi connectivity index (χ1) is 15.1. The smallest absolute Gasteiger partial charge is 0.262 e. The van der Waals surface area contributed by atoms with Gasteiger partial charge in [-0.15, -0.1) is 0 Å². The van der Waals surface area contributed by atoms with Gasteiger partial charge in [0.1, 0.15) is 27.8 Å². The van der Waals surface area contributed by atoms with Gasteiger partial charge in [-0.3, -0.25) is 14.8 Å². The van der Waals surface area contributed by atoms with Gasteiger partial charge in [-0.2, -0.15) is 4.72 Å². The van der Waals surface area contributed by atoms with Crippen LogP contribution >= 0.6 is 0 Å². The Hall–Kier alpha value is -2.00. The SMILES string of the molecule is CC12CCC(C(S(=O)(=O)NCC(NS(=O)(=O)c3ccc(F)cc3F)C(=O)NO)C1=O)C2(C)C. The molecule has 1 amide bonds. The second-order valence-electron chi connectivity index (χ2n) is 9.10. The summed E-state index contributed by atoms with van der Waals surface area (Å²) in [6.45, 7) is 4.50. The molecule has 10 nitrogen and oxygen atoms in total. The molecule has 0 aliphatic heterocycles. The fraction of sp³-hybridized carbons (Fsp3) is 0.579. The third kappa shape index (κ3) is 4.18. The van der Waals surface area contributed by atoms with Crippen LogP contribution < -0.4 is 14.9 Å². The highest BCUT2D eigenvalue weighted by atomic mass is 32.2. The van der Waals surface area contributed by atoms with Gasteiger partial charge in [0.2, 0.25) is 20.0 Å². The van der Waals surface area contributed by atoms with Crippen LogP contribution in [0.3, 0.4) is 0 Å². The summed E-state index contributed by atoms with van der Waals surface area (Å²) >= 11 is 0. The molecule has 0 heterocycles. The van der Waals surface area contributed by atoms with Gasteiger partial charge in [0.05, 0.1) is 0 Å². The monoisotopic (exact) mass is 509 g/mol. The van der Waals surface area contributed by atoms with E-state index in [0.717, 1.165) is 0 Å². The first-order valence-electron chi connectivity index (χ1n) is 10.0. The molecule has 4 N–H and O–H groups in total. The minimum absolute atomic E-state index is 0.321. The molecule has 1 aromatic carbocycles. The van der Waals surface area contributed by atoms with Gasteiger partial charge in [0.15, 0.2) is 5.78 Å². The predicted octanol–water partition coefficient (Wildman–Crippen LogP) is 0.430. The van der Waals surface area contributed by atoms with Gasteiger partial charge in [0.25, 0.3) is 5.91 Å². The molecule has 2 fully saturated rings. The number of carbonyl (C=O) groups excluding carboxylic acids is 2. The van der Waals surface area contributed by atoms with Crippen LogP contribution in [0.15, 0.2) is 23.1 Å². The predicted molar refractivity (Wildman–Crippen MR) is 111 cm³/mol. The Morgan fingerprint density at radius 2 is 1.85 bits per heavy atom. The molecule has 184 valence electrons. The van der Waals surface area contributed by atoms with Crippen molar-refractivity contribution in [2.45, 2.75) is 49.8 Å². The quantitative estimate of drug-likeness (QED) is 0.292. The number of hydrogen-bond donors (Lipinski definition) is 4. The summed E-state index contributed by atoms with van der Waals surface area (Å²) in [5, 5.41) is 7.57. The van der Waals surface area contributed by atoms with Gasteiger partial charge in [-0.25, -0.2) is 35.8 Å². The highest BCUT2D eigenvalue weighted by Crippen LogP contribution is 2.64. The highest BCUT2D eigenvalue weighted by molar-refractivity contribution is 7.91. The van der Waals surface area contributed by atoms with E-state index >= 15 is 0 Å². The van der Waals surface area contributed by atoms with Gasteiger partial charge >= 0.3 is 0 Å². The van der Waals surface area contributed by atoms with Crippen molar-refractivity contribution in [3.8, 4) is 0 Å². The molecular formula is C19H25F2N3O7S2. The van der Waals surface area contributed by atoms with E-state index < -0.39 is 82.9 Å². The number of halogens is 2. The number of fused-ring (bicyclic) bond motifs is 2. The molecule has 2 aliphatic carbocycles. The van der Waals surface area contributed by atoms with Crippen LogP contribution in [0.5, 0.6) is 0 Å². The molecule has 1 aromatic rings. The van der Waals surface area contributed by atoms with Crippen LogP contribution in [0.1, 0.15) is 33.6 Å². The van der Waals surface area contributed by atoms with Gasteiger partial charge < -0.3 is 0 Å². The van der Waals surface area contributed by atoms with E-state index in [1.807, 2.05) is 13.8 Å². The topological polar surface area (TPSA) is 159 Å². The number of ketones is 1. The van der Waals surface area contributed by atoms with Crippen LogP contribution in [0.2, 0.25) is 0 Å². The number of rotatable bonds is 8. The first kappa shape index (κ1) is 25.6. The van der Waals surface area contributed by atoms with E-state index in [1.54, 1.807) is 11.6 Å². The van der Waals surface area contributed by atoms with Crippen molar-refractivity contribution < 1.29 is 40.4 Å².